The van der Waals surface area contributed by atoms with Crippen LogP contribution in [0.4, 0.5) is 5.69 Å². The van der Waals surface area contributed by atoms with Crippen LogP contribution in [-0.4, -0.2) is 50.0 Å². The van der Waals surface area contributed by atoms with E-state index in [1.165, 1.54) is 11.3 Å². The van der Waals surface area contributed by atoms with E-state index in [0.29, 0.717) is 18.0 Å². The zero-order valence-electron chi connectivity index (χ0n) is 23.7. The predicted octanol–water partition coefficient (Wildman–Crippen LogP) is 4.90. The predicted molar refractivity (Wildman–Crippen MR) is 161 cm³/mol. The van der Waals surface area contributed by atoms with Crippen LogP contribution < -0.4 is 14.4 Å². The first-order valence-corrected chi connectivity index (χ1v) is 15.9. The normalized spacial score (nSPS) is 14.6. The highest BCUT2D eigenvalue weighted by atomic mass is 32.2. The Morgan fingerprint density at radius 2 is 1.46 bits per heavy atom. The number of hydrogen-bond donors (Lipinski definition) is 1. The number of rotatable bonds is 12. The summed E-state index contributed by atoms with van der Waals surface area (Å²) in [6, 6.07) is 25.0. The summed E-state index contributed by atoms with van der Waals surface area (Å²) in [6.45, 7) is 1.83. The van der Waals surface area contributed by atoms with E-state index in [9.17, 15) is 18.0 Å². The Morgan fingerprint density at radius 3 is 2.05 bits per heavy atom. The zero-order chi connectivity index (χ0) is 29.2. The summed E-state index contributed by atoms with van der Waals surface area (Å²) in [6.07, 6.45) is 6.25. The molecule has 0 spiro atoms. The first-order chi connectivity index (χ1) is 19.7. The largest absolute Gasteiger partial charge is 0.489 e. The van der Waals surface area contributed by atoms with Gasteiger partial charge >= 0.3 is 0 Å². The second kappa shape index (κ2) is 14.2. The summed E-state index contributed by atoms with van der Waals surface area (Å²) in [7, 11) is -3.81. The van der Waals surface area contributed by atoms with Crippen molar-refractivity contribution in [3.05, 3.63) is 96.1 Å². The minimum absolute atomic E-state index is 0.0996. The highest BCUT2D eigenvalue weighted by Crippen LogP contribution is 2.24. The molecule has 41 heavy (non-hydrogen) atoms. The summed E-state index contributed by atoms with van der Waals surface area (Å²) in [5.74, 6) is -0.113. The van der Waals surface area contributed by atoms with Crippen LogP contribution in [-0.2, 0) is 32.8 Å². The molecule has 0 heterocycles. The number of benzene rings is 3. The highest BCUT2D eigenvalue weighted by Gasteiger charge is 2.31. The third-order valence-corrected chi connectivity index (χ3v) is 8.51. The molecule has 3 aromatic rings. The number of amides is 2. The SMILES string of the molecule is CC(C(=O)NC1CCCCC1)N(Cc1ccccc1)C(=O)CN(c1ccc(OCc2ccccc2)cc1)S(C)(=O)=O. The van der Waals surface area contributed by atoms with Gasteiger partial charge in [0.1, 0.15) is 24.9 Å². The van der Waals surface area contributed by atoms with Crippen molar-refractivity contribution in [3.8, 4) is 5.75 Å². The van der Waals surface area contributed by atoms with Gasteiger partial charge in [-0.05, 0) is 55.2 Å². The Bertz CT molecular complexity index is 1380. The number of nitrogens with zero attached hydrogens (tertiary/aromatic N) is 2. The van der Waals surface area contributed by atoms with E-state index in [1.807, 2.05) is 60.7 Å². The van der Waals surface area contributed by atoms with Crippen LogP contribution in [0.25, 0.3) is 0 Å². The molecule has 3 aromatic carbocycles. The van der Waals surface area contributed by atoms with Crippen LogP contribution in [0, 0.1) is 0 Å². The molecule has 4 rings (SSSR count). The van der Waals surface area contributed by atoms with Gasteiger partial charge in [0, 0.05) is 12.6 Å². The van der Waals surface area contributed by atoms with Gasteiger partial charge in [0.2, 0.25) is 21.8 Å². The maximum atomic E-state index is 13.8. The molecule has 218 valence electrons. The minimum Gasteiger partial charge on any atom is -0.489 e. The molecule has 1 saturated carbocycles. The lowest BCUT2D eigenvalue weighted by Gasteiger charge is -2.33. The van der Waals surface area contributed by atoms with Crippen molar-refractivity contribution in [1.29, 1.82) is 0 Å². The number of nitrogens with one attached hydrogen (secondary N) is 1. The van der Waals surface area contributed by atoms with Gasteiger partial charge in [-0.3, -0.25) is 13.9 Å². The molecule has 0 bridgehead atoms. The fourth-order valence-electron chi connectivity index (χ4n) is 4.99. The van der Waals surface area contributed by atoms with E-state index in [0.717, 1.165) is 47.4 Å². The summed E-state index contributed by atoms with van der Waals surface area (Å²) in [5, 5.41) is 3.11. The smallest absolute Gasteiger partial charge is 0.244 e. The van der Waals surface area contributed by atoms with Gasteiger partial charge in [-0.2, -0.15) is 0 Å². The third-order valence-electron chi connectivity index (χ3n) is 7.37. The average molecular weight is 578 g/mol. The second-order valence-electron chi connectivity index (χ2n) is 10.6. The van der Waals surface area contributed by atoms with Gasteiger partial charge in [0.05, 0.1) is 11.9 Å². The summed E-state index contributed by atoms with van der Waals surface area (Å²) in [5.41, 5.74) is 2.20. The first kappa shape index (κ1) is 30.1. The molecule has 1 atom stereocenters. The molecule has 1 fully saturated rings. The van der Waals surface area contributed by atoms with Crippen LogP contribution in [0.5, 0.6) is 5.75 Å². The van der Waals surface area contributed by atoms with E-state index >= 15 is 0 Å². The fraction of sp³-hybridized carbons (Fsp3) is 0.375. The van der Waals surface area contributed by atoms with E-state index in [-0.39, 0.29) is 18.5 Å². The molecular formula is C32H39N3O5S. The number of hydrogen-bond acceptors (Lipinski definition) is 5. The maximum Gasteiger partial charge on any atom is 0.244 e. The van der Waals surface area contributed by atoms with Crippen LogP contribution in [0.3, 0.4) is 0 Å². The van der Waals surface area contributed by atoms with Crippen molar-refractivity contribution < 1.29 is 22.7 Å². The van der Waals surface area contributed by atoms with Gasteiger partial charge in [0.25, 0.3) is 0 Å². The molecule has 0 aromatic heterocycles. The Balaban J connectivity index is 1.50. The standard InChI is InChI=1S/C32H39N3O5S/c1-25(32(37)33-28-16-10-5-11-17-28)34(22-26-12-6-3-7-13-26)31(36)23-35(41(2,38)39)29-18-20-30(21-19-29)40-24-27-14-8-4-9-15-27/h3-4,6-9,12-15,18-21,25,28H,5,10-11,16-17,22-24H2,1-2H3,(H,33,37). The number of sulfonamides is 1. The molecule has 8 nitrogen and oxygen atoms in total. The Kier molecular flexibility index (Phi) is 10.4. The average Bonchev–Trinajstić information content (AvgIpc) is 2.98. The lowest BCUT2D eigenvalue weighted by molar-refractivity contribution is -0.139. The van der Waals surface area contributed by atoms with Gasteiger partial charge in [0.15, 0.2) is 0 Å². The van der Waals surface area contributed by atoms with Crippen molar-refractivity contribution in [2.75, 3.05) is 17.1 Å². The highest BCUT2D eigenvalue weighted by molar-refractivity contribution is 7.92. The van der Waals surface area contributed by atoms with Gasteiger partial charge in [-0.15, -0.1) is 0 Å². The van der Waals surface area contributed by atoms with Crippen molar-refractivity contribution in [3.63, 3.8) is 0 Å². The molecule has 9 heteroatoms. The first-order valence-electron chi connectivity index (χ1n) is 14.1. The molecular weight excluding hydrogens is 538 g/mol. The maximum absolute atomic E-state index is 13.8. The zero-order valence-corrected chi connectivity index (χ0v) is 24.6. The molecule has 1 aliphatic carbocycles. The Hall–Kier alpha value is -3.85. The van der Waals surface area contributed by atoms with Crippen molar-refractivity contribution >= 4 is 27.5 Å². The van der Waals surface area contributed by atoms with Crippen molar-refractivity contribution in [2.45, 2.75) is 64.3 Å². The second-order valence-corrected chi connectivity index (χ2v) is 12.5. The van der Waals surface area contributed by atoms with E-state index in [4.69, 9.17) is 4.74 Å². The summed E-state index contributed by atoms with van der Waals surface area (Å²) >= 11 is 0. The van der Waals surface area contributed by atoms with Gasteiger partial charge in [-0.25, -0.2) is 8.42 Å². The van der Waals surface area contributed by atoms with E-state index < -0.39 is 28.5 Å². The quantitative estimate of drug-likeness (QED) is 0.331. The summed E-state index contributed by atoms with van der Waals surface area (Å²) in [4.78, 5) is 28.5. The minimum atomic E-state index is -3.81. The van der Waals surface area contributed by atoms with Crippen molar-refractivity contribution in [2.24, 2.45) is 0 Å². The topological polar surface area (TPSA) is 96.0 Å². The molecule has 2 amide bonds. The molecule has 0 radical (unpaired) electrons. The number of ether oxygens (including phenoxy) is 1. The number of anilines is 1. The van der Waals surface area contributed by atoms with E-state index in [1.54, 1.807) is 31.2 Å². The van der Waals surface area contributed by atoms with Crippen LogP contribution in [0.15, 0.2) is 84.9 Å². The fourth-order valence-corrected chi connectivity index (χ4v) is 5.84. The monoisotopic (exact) mass is 577 g/mol. The number of carbonyl (C=O) groups excluding carboxylic acids is 2. The molecule has 0 aliphatic heterocycles. The molecule has 0 saturated heterocycles. The van der Waals surface area contributed by atoms with E-state index in [2.05, 4.69) is 5.32 Å². The van der Waals surface area contributed by atoms with Gasteiger partial charge in [-0.1, -0.05) is 79.9 Å². The van der Waals surface area contributed by atoms with Crippen molar-refractivity contribution in [1.82, 2.24) is 10.2 Å². The van der Waals surface area contributed by atoms with Gasteiger partial charge < -0.3 is 15.0 Å². The molecule has 1 unspecified atom stereocenters. The lowest BCUT2D eigenvalue weighted by Crippen LogP contribution is -2.52. The summed E-state index contributed by atoms with van der Waals surface area (Å²) < 4.78 is 32.6. The van der Waals surface area contributed by atoms with Crippen LogP contribution in [0.2, 0.25) is 0 Å². The Morgan fingerprint density at radius 1 is 0.878 bits per heavy atom. The Labute approximate surface area is 243 Å². The third kappa shape index (κ3) is 8.82. The lowest BCUT2D eigenvalue weighted by atomic mass is 9.95. The van der Waals surface area contributed by atoms with Crippen LogP contribution >= 0.6 is 0 Å². The molecule has 1 aliphatic rings. The van der Waals surface area contributed by atoms with Crippen LogP contribution in [0.1, 0.15) is 50.2 Å². The molecule has 1 N–H and O–H groups in total. The number of carbonyl (C=O) groups is 2.